The lowest BCUT2D eigenvalue weighted by atomic mass is 10.1. The van der Waals surface area contributed by atoms with Gasteiger partial charge < -0.3 is 15.5 Å². The fraction of sp³-hybridized carbons (Fsp3) is 0.400. The van der Waals surface area contributed by atoms with E-state index in [1.54, 1.807) is 0 Å². The van der Waals surface area contributed by atoms with Gasteiger partial charge in [-0.1, -0.05) is 11.6 Å². The third kappa shape index (κ3) is 3.92. The van der Waals surface area contributed by atoms with Gasteiger partial charge in [0.15, 0.2) is 0 Å². The number of rotatable bonds is 4. The zero-order valence-corrected chi connectivity index (χ0v) is 9.78. The van der Waals surface area contributed by atoms with Crippen LogP contribution in [-0.4, -0.2) is 33.8 Å². The number of nitrogens with one attached hydrogen (secondary N) is 1. The van der Waals surface area contributed by atoms with Gasteiger partial charge in [-0.05, 0) is 0 Å². The maximum absolute atomic E-state index is 12.9. The van der Waals surface area contributed by atoms with Crippen molar-refractivity contribution in [3.8, 4) is 0 Å². The summed E-state index contributed by atoms with van der Waals surface area (Å²) in [5.74, 6) is -1.15. The third-order valence-corrected chi connectivity index (χ3v) is 2.41. The average molecular weight is 263 g/mol. The smallest absolute Gasteiger partial charge is 0.216 e. The molecule has 1 aromatic heterocycles. The van der Waals surface area contributed by atoms with E-state index in [0.717, 1.165) is 12.3 Å². The molecule has 0 fully saturated rings. The van der Waals surface area contributed by atoms with Crippen LogP contribution in [0, 0.1) is 5.95 Å². The van der Waals surface area contributed by atoms with E-state index in [4.69, 9.17) is 11.6 Å². The molecule has 1 aromatic rings. The number of amides is 1. The van der Waals surface area contributed by atoms with Gasteiger partial charge in [0, 0.05) is 31.3 Å². The molecular formula is C10H12ClFN2O3. The predicted octanol–water partition coefficient (Wildman–Crippen LogP) is 0.404. The molecule has 0 aliphatic carbocycles. The normalized spacial score (nSPS) is 14.2. The Morgan fingerprint density at radius 2 is 2.29 bits per heavy atom. The van der Waals surface area contributed by atoms with Crippen LogP contribution in [-0.2, 0) is 4.79 Å². The number of aliphatic hydroxyl groups excluding tert-OH is 2. The number of pyridine rings is 1. The summed E-state index contributed by atoms with van der Waals surface area (Å²) in [5.41, 5.74) is 0.0250. The zero-order valence-electron chi connectivity index (χ0n) is 9.02. The first kappa shape index (κ1) is 13.8. The van der Waals surface area contributed by atoms with Crippen molar-refractivity contribution in [1.29, 1.82) is 0 Å². The molecule has 17 heavy (non-hydrogen) atoms. The highest BCUT2D eigenvalue weighted by molar-refractivity contribution is 6.31. The number of carbonyl (C=O) groups excluding carboxylic acids is 1. The van der Waals surface area contributed by atoms with Crippen LogP contribution in [0.1, 0.15) is 18.6 Å². The second kappa shape index (κ2) is 5.90. The number of aromatic nitrogens is 1. The third-order valence-electron chi connectivity index (χ3n) is 2.09. The summed E-state index contributed by atoms with van der Waals surface area (Å²) in [6.07, 6.45) is -1.63. The van der Waals surface area contributed by atoms with E-state index in [1.165, 1.54) is 6.92 Å². The van der Waals surface area contributed by atoms with Crippen molar-refractivity contribution in [1.82, 2.24) is 10.3 Å². The fourth-order valence-corrected chi connectivity index (χ4v) is 1.44. The molecule has 1 heterocycles. The van der Waals surface area contributed by atoms with Crippen LogP contribution in [0.25, 0.3) is 0 Å². The maximum atomic E-state index is 12.9. The SMILES string of the molecule is CC(=O)NCC(O)C(O)c1cc(F)ncc1Cl. The summed E-state index contributed by atoms with van der Waals surface area (Å²) in [6, 6.07) is 0.935. The summed E-state index contributed by atoms with van der Waals surface area (Å²) in [4.78, 5) is 13.9. The largest absolute Gasteiger partial charge is 0.388 e. The van der Waals surface area contributed by atoms with Crippen LogP contribution < -0.4 is 5.32 Å². The summed E-state index contributed by atoms with van der Waals surface area (Å²) in [5, 5.41) is 21.7. The molecule has 2 atom stereocenters. The highest BCUT2D eigenvalue weighted by Gasteiger charge is 2.21. The van der Waals surface area contributed by atoms with Gasteiger partial charge in [0.05, 0.1) is 5.02 Å². The van der Waals surface area contributed by atoms with E-state index in [0.29, 0.717) is 0 Å². The van der Waals surface area contributed by atoms with E-state index in [9.17, 15) is 19.4 Å². The molecule has 0 aliphatic heterocycles. The molecule has 0 spiro atoms. The minimum atomic E-state index is -1.40. The Hall–Kier alpha value is -1.24. The molecule has 0 saturated heterocycles. The molecular weight excluding hydrogens is 251 g/mol. The van der Waals surface area contributed by atoms with Crippen molar-refractivity contribution >= 4 is 17.5 Å². The van der Waals surface area contributed by atoms with Crippen LogP contribution in [0.2, 0.25) is 5.02 Å². The summed E-state index contributed by atoms with van der Waals surface area (Å²) >= 11 is 5.71. The van der Waals surface area contributed by atoms with E-state index in [2.05, 4.69) is 10.3 Å². The Morgan fingerprint density at radius 1 is 1.65 bits per heavy atom. The molecule has 1 amide bonds. The summed E-state index contributed by atoms with van der Waals surface area (Å²) in [7, 11) is 0. The molecule has 0 aliphatic rings. The van der Waals surface area contributed by atoms with E-state index in [1.807, 2.05) is 0 Å². The Labute approximate surface area is 102 Å². The van der Waals surface area contributed by atoms with Crippen molar-refractivity contribution < 1.29 is 19.4 Å². The van der Waals surface area contributed by atoms with Crippen LogP contribution in [0.5, 0.6) is 0 Å². The predicted molar refractivity (Wildman–Crippen MR) is 58.9 cm³/mol. The Balaban J connectivity index is 2.77. The fourth-order valence-electron chi connectivity index (χ4n) is 1.22. The van der Waals surface area contributed by atoms with Gasteiger partial charge in [0.1, 0.15) is 12.2 Å². The molecule has 1 rings (SSSR count). The quantitative estimate of drug-likeness (QED) is 0.686. The lowest BCUT2D eigenvalue weighted by molar-refractivity contribution is -0.119. The number of nitrogens with zero attached hydrogens (tertiary/aromatic N) is 1. The molecule has 7 heteroatoms. The number of hydrogen-bond donors (Lipinski definition) is 3. The van der Waals surface area contributed by atoms with Gasteiger partial charge in [0.2, 0.25) is 11.9 Å². The zero-order chi connectivity index (χ0) is 13.0. The number of carbonyl (C=O) groups is 1. The van der Waals surface area contributed by atoms with Gasteiger partial charge in [-0.2, -0.15) is 4.39 Å². The van der Waals surface area contributed by atoms with Crippen molar-refractivity contribution in [3.63, 3.8) is 0 Å². The highest BCUT2D eigenvalue weighted by Crippen LogP contribution is 2.24. The first-order valence-electron chi connectivity index (χ1n) is 4.83. The van der Waals surface area contributed by atoms with Gasteiger partial charge in [-0.25, -0.2) is 4.98 Å². The van der Waals surface area contributed by atoms with Crippen LogP contribution in [0.15, 0.2) is 12.3 Å². The summed E-state index contributed by atoms with van der Waals surface area (Å²) < 4.78 is 12.9. The van der Waals surface area contributed by atoms with Crippen LogP contribution >= 0.6 is 11.6 Å². The van der Waals surface area contributed by atoms with E-state index >= 15 is 0 Å². The van der Waals surface area contributed by atoms with Crippen LogP contribution in [0.4, 0.5) is 4.39 Å². The van der Waals surface area contributed by atoms with Crippen molar-refractivity contribution in [2.75, 3.05) is 6.54 Å². The summed E-state index contributed by atoms with van der Waals surface area (Å²) in [6.45, 7) is 1.12. The lowest BCUT2D eigenvalue weighted by Crippen LogP contribution is -2.34. The molecule has 3 N–H and O–H groups in total. The first-order valence-corrected chi connectivity index (χ1v) is 5.21. The number of aliphatic hydroxyl groups is 2. The standard InChI is InChI=1S/C10H12ClFN2O3/c1-5(15)13-4-8(16)10(17)6-2-9(12)14-3-7(6)11/h2-3,8,10,16-17H,4H2,1H3,(H,13,15). The van der Waals surface area contributed by atoms with Gasteiger partial charge in [-0.3, -0.25) is 4.79 Å². The van der Waals surface area contributed by atoms with Gasteiger partial charge in [-0.15, -0.1) is 0 Å². The van der Waals surface area contributed by atoms with Gasteiger partial charge >= 0.3 is 0 Å². The molecule has 0 aromatic carbocycles. The second-order valence-electron chi connectivity index (χ2n) is 3.48. The monoisotopic (exact) mass is 262 g/mol. The van der Waals surface area contributed by atoms with Crippen LogP contribution in [0.3, 0.4) is 0 Å². The maximum Gasteiger partial charge on any atom is 0.216 e. The van der Waals surface area contributed by atoms with E-state index in [-0.39, 0.29) is 23.0 Å². The minimum absolute atomic E-state index is 0.0250. The molecule has 94 valence electrons. The second-order valence-corrected chi connectivity index (χ2v) is 3.89. The van der Waals surface area contributed by atoms with E-state index < -0.39 is 18.2 Å². The number of hydrogen-bond acceptors (Lipinski definition) is 4. The molecule has 0 radical (unpaired) electrons. The Morgan fingerprint density at radius 3 is 2.88 bits per heavy atom. The average Bonchev–Trinajstić information content (AvgIpc) is 2.28. The molecule has 2 unspecified atom stereocenters. The first-order chi connectivity index (χ1) is 7.91. The van der Waals surface area contributed by atoms with Crippen molar-refractivity contribution in [2.45, 2.75) is 19.1 Å². The highest BCUT2D eigenvalue weighted by atomic mass is 35.5. The minimum Gasteiger partial charge on any atom is -0.388 e. The topological polar surface area (TPSA) is 82.5 Å². The molecule has 5 nitrogen and oxygen atoms in total. The van der Waals surface area contributed by atoms with Gasteiger partial charge in [0.25, 0.3) is 0 Å². The number of halogens is 2. The lowest BCUT2D eigenvalue weighted by Gasteiger charge is -2.19. The molecule has 0 bridgehead atoms. The Bertz CT molecular complexity index is 417. The Kier molecular flexibility index (Phi) is 4.80. The van der Waals surface area contributed by atoms with Crippen molar-refractivity contribution in [2.24, 2.45) is 0 Å². The molecule has 0 saturated carbocycles. The van der Waals surface area contributed by atoms with Crippen molar-refractivity contribution in [3.05, 3.63) is 28.8 Å².